The zero-order chi connectivity index (χ0) is 14.6. The number of aliphatic hydroxyl groups is 2. The lowest BCUT2D eigenvalue weighted by molar-refractivity contribution is -0.107. The Morgan fingerprint density at radius 3 is 1.56 bits per heavy atom. The largest absolute Gasteiger partial charge is 0.489 e. The van der Waals surface area contributed by atoms with Crippen LogP contribution in [0.15, 0.2) is 24.3 Å². The summed E-state index contributed by atoms with van der Waals surface area (Å²) in [7, 11) is -1.48. The minimum absolute atomic E-state index is 0.337. The molecule has 0 saturated heterocycles. The smallest absolute Gasteiger partial charge is 0.423 e. The van der Waals surface area contributed by atoms with Crippen LogP contribution in [0, 0.1) is 0 Å². The van der Waals surface area contributed by atoms with Crippen LogP contribution in [0.5, 0.6) is 0 Å². The van der Waals surface area contributed by atoms with Crippen molar-refractivity contribution in [1.29, 1.82) is 0 Å². The normalized spacial score (nSPS) is 11.6. The third-order valence-electron chi connectivity index (χ3n) is 2.68. The summed E-state index contributed by atoms with van der Waals surface area (Å²) < 4.78 is 0. The molecule has 4 nitrogen and oxygen atoms in total. The van der Waals surface area contributed by atoms with Crippen molar-refractivity contribution in [3.05, 3.63) is 29.3 Å². The van der Waals surface area contributed by atoms with Crippen molar-refractivity contribution in [2.75, 3.05) is 0 Å². The van der Waals surface area contributed by atoms with Gasteiger partial charge in [0, 0.05) is 10.5 Å². The first kappa shape index (κ1) is 17.4. The summed E-state index contributed by atoms with van der Waals surface area (Å²) in [4.78, 5) is 0. The molecule has 0 fully saturated rings. The lowest BCUT2D eigenvalue weighted by Crippen LogP contribution is -2.44. The first-order chi connectivity index (χ1) is 7.97. The molecule has 0 spiro atoms. The quantitative estimate of drug-likeness (QED) is 0.594. The van der Waals surface area contributed by atoms with E-state index in [9.17, 15) is 0 Å². The van der Waals surface area contributed by atoms with Crippen molar-refractivity contribution >= 4 is 24.2 Å². The summed E-state index contributed by atoms with van der Waals surface area (Å²) in [6.45, 7) is 6.31. The van der Waals surface area contributed by atoms with Crippen LogP contribution in [-0.4, -0.2) is 38.6 Å². The second kappa shape index (κ2) is 6.54. The van der Waals surface area contributed by atoms with E-state index in [1.807, 2.05) is 0 Å². The standard InChI is InChI=1S/C6H6BClO2.C6H14O2/c8-6-4-2-1-3-5(6)7(9)10;1-5(2,7)6(3,4)8/h1-4,9-10H;7-8H,1-4H3. The maximum atomic E-state index is 9.10. The molecule has 1 aromatic carbocycles. The fourth-order valence-electron chi connectivity index (χ4n) is 0.684. The van der Waals surface area contributed by atoms with E-state index in [2.05, 4.69) is 0 Å². The van der Waals surface area contributed by atoms with Crippen molar-refractivity contribution in [2.24, 2.45) is 0 Å². The van der Waals surface area contributed by atoms with Crippen LogP contribution in [0.2, 0.25) is 5.02 Å². The zero-order valence-electron chi connectivity index (χ0n) is 11.1. The van der Waals surface area contributed by atoms with Gasteiger partial charge < -0.3 is 20.3 Å². The van der Waals surface area contributed by atoms with E-state index in [-0.39, 0.29) is 0 Å². The summed E-state index contributed by atoms with van der Waals surface area (Å²) >= 11 is 5.60. The predicted molar refractivity (Wildman–Crippen MR) is 73.9 cm³/mol. The fourth-order valence-corrected chi connectivity index (χ4v) is 0.918. The van der Waals surface area contributed by atoms with Gasteiger partial charge in [-0.25, -0.2) is 0 Å². The van der Waals surface area contributed by atoms with Crippen molar-refractivity contribution < 1.29 is 20.3 Å². The molecule has 6 heteroatoms. The molecule has 1 rings (SSSR count). The van der Waals surface area contributed by atoms with Gasteiger partial charge in [-0.15, -0.1) is 0 Å². The highest BCUT2D eigenvalue weighted by Crippen LogP contribution is 2.19. The van der Waals surface area contributed by atoms with Gasteiger partial charge in [0.05, 0.1) is 11.2 Å². The van der Waals surface area contributed by atoms with Gasteiger partial charge >= 0.3 is 7.12 Å². The number of hydrogen-bond donors (Lipinski definition) is 4. The first-order valence-corrected chi connectivity index (χ1v) is 5.90. The number of halogens is 1. The number of benzene rings is 1. The highest BCUT2D eigenvalue weighted by Gasteiger charge is 2.31. The molecule has 0 unspecified atom stereocenters. The topological polar surface area (TPSA) is 80.9 Å². The Labute approximate surface area is 113 Å². The van der Waals surface area contributed by atoms with Crippen LogP contribution in [0.25, 0.3) is 0 Å². The first-order valence-electron chi connectivity index (χ1n) is 5.52. The monoisotopic (exact) mass is 274 g/mol. The molecule has 18 heavy (non-hydrogen) atoms. The third-order valence-corrected chi connectivity index (χ3v) is 3.02. The van der Waals surface area contributed by atoms with Crippen molar-refractivity contribution in [3.63, 3.8) is 0 Å². The molecule has 0 bridgehead atoms. The maximum Gasteiger partial charge on any atom is 0.489 e. The summed E-state index contributed by atoms with van der Waals surface area (Å²) in [6, 6.07) is 6.60. The number of rotatable bonds is 2. The Kier molecular flexibility index (Phi) is 6.33. The lowest BCUT2D eigenvalue weighted by Gasteiger charge is -2.31. The zero-order valence-corrected chi connectivity index (χ0v) is 11.8. The summed E-state index contributed by atoms with van der Waals surface area (Å²) in [6.07, 6.45) is 0. The van der Waals surface area contributed by atoms with Crippen LogP contribution in [-0.2, 0) is 0 Å². The van der Waals surface area contributed by atoms with Crippen molar-refractivity contribution in [2.45, 2.75) is 38.9 Å². The van der Waals surface area contributed by atoms with Gasteiger partial charge in [0.1, 0.15) is 0 Å². The molecule has 4 N–H and O–H groups in total. The molecule has 102 valence electrons. The molecule has 0 radical (unpaired) electrons. The predicted octanol–water partition coefficient (Wildman–Crippen LogP) is 0.548. The molecule has 1 aromatic rings. The maximum absolute atomic E-state index is 9.10. The van der Waals surface area contributed by atoms with Crippen LogP contribution < -0.4 is 5.46 Å². The van der Waals surface area contributed by atoms with Gasteiger partial charge in [-0.2, -0.15) is 0 Å². The molecular weight excluding hydrogens is 254 g/mol. The van der Waals surface area contributed by atoms with Crippen molar-refractivity contribution in [1.82, 2.24) is 0 Å². The molecule has 0 aliphatic rings. The Balaban J connectivity index is 0.000000331. The average molecular weight is 275 g/mol. The second-order valence-electron chi connectivity index (χ2n) is 5.01. The van der Waals surface area contributed by atoms with Gasteiger partial charge in [-0.1, -0.05) is 29.8 Å². The molecule has 0 heterocycles. The molecule has 0 aliphatic carbocycles. The molecule has 0 saturated carbocycles. The van der Waals surface area contributed by atoms with E-state index in [1.165, 1.54) is 0 Å². The summed E-state index contributed by atoms with van der Waals surface area (Å²) in [5.74, 6) is 0. The average Bonchev–Trinajstić information content (AvgIpc) is 2.15. The van der Waals surface area contributed by atoms with Crippen LogP contribution >= 0.6 is 11.6 Å². The summed E-state index contributed by atoms with van der Waals surface area (Å²) in [5.41, 5.74) is -1.68. The van der Waals surface area contributed by atoms with Gasteiger partial charge in [-0.05, 0) is 33.8 Å². The van der Waals surface area contributed by atoms with E-state index in [0.717, 1.165) is 0 Å². The van der Waals surface area contributed by atoms with E-state index in [0.29, 0.717) is 10.5 Å². The Morgan fingerprint density at radius 2 is 1.33 bits per heavy atom. The Hall–Kier alpha value is -0.585. The van der Waals surface area contributed by atoms with Crippen LogP contribution in [0.3, 0.4) is 0 Å². The van der Waals surface area contributed by atoms with Gasteiger partial charge in [0.25, 0.3) is 0 Å². The second-order valence-corrected chi connectivity index (χ2v) is 5.42. The van der Waals surface area contributed by atoms with Gasteiger partial charge in [0.15, 0.2) is 0 Å². The highest BCUT2D eigenvalue weighted by molar-refractivity contribution is 6.62. The fraction of sp³-hybridized carbons (Fsp3) is 0.500. The SMILES string of the molecule is CC(C)(O)C(C)(C)O.OB(O)c1ccccc1Cl. The van der Waals surface area contributed by atoms with E-state index >= 15 is 0 Å². The Morgan fingerprint density at radius 1 is 0.944 bits per heavy atom. The third kappa shape index (κ3) is 5.84. The highest BCUT2D eigenvalue weighted by atomic mass is 35.5. The lowest BCUT2D eigenvalue weighted by atomic mass is 9.80. The molecule has 0 amide bonds. The molecule has 0 atom stereocenters. The molecule has 0 aromatic heterocycles. The Bertz CT molecular complexity index is 357. The van der Waals surface area contributed by atoms with E-state index in [4.69, 9.17) is 31.9 Å². The van der Waals surface area contributed by atoms with E-state index < -0.39 is 18.3 Å². The minimum Gasteiger partial charge on any atom is -0.423 e. The number of hydrogen-bond acceptors (Lipinski definition) is 4. The van der Waals surface area contributed by atoms with Gasteiger partial charge in [-0.3, -0.25) is 0 Å². The summed E-state index contributed by atoms with van der Waals surface area (Å²) in [5, 5.41) is 35.9. The van der Waals surface area contributed by atoms with E-state index in [1.54, 1.807) is 52.0 Å². The van der Waals surface area contributed by atoms with Gasteiger partial charge in [0.2, 0.25) is 0 Å². The minimum atomic E-state index is -1.48. The van der Waals surface area contributed by atoms with Crippen LogP contribution in [0.1, 0.15) is 27.7 Å². The van der Waals surface area contributed by atoms with Crippen molar-refractivity contribution in [3.8, 4) is 0 Å². The molecular formula is C12H20BClO4. The van der Waals surface area contributed by atoms with Crippen LogP contribution in [0.4, 0.5) is 0 Å². The molecule has 0 aliphatic heterocycles.